The number of aromatic nitrogens is 3. The fraction of sp³-hybridized carbons (Fsp3) is 0.529. The van der Waals surface area contributed by atoms with Gasteiger partial charge in [-0.05, 0) is 31.2 Å². The molecular weight excluding hydrogens is 338 g/mol. The lowest BCUT2D eigenvalue weighted by Gasteiger charge is -2.42. The summed E-state index contributed by atoms with van der Waals surface area (Å²) >= 11 is 0. The van der Waals surface area contributed by atoms with Crippen LogP contribution in [-0.4, -0.2) is 60.1 Å². The molecule has 0 aromatic carbocycles. The van der Waals surface area contributed by atoms with Crippen molar-refractivity contribution >= 4 is 26.9 Å². The van der Waals surface area contributed by atoms with Gasteiger partial charge in [-0.15, -0.1) is 6.58 Å². The molecule has 7 nitrogen and oxygen atoms in total. The molecule has 1 aliphatic rings. The molecule has 1 aliphatic carbocycles. The van der Waals surface area contributed by atoms with E-state index in [9.17, 15) is 8.42 Å². The highest BCUT2D eigenvalue weighted by molar-refractivity contribution is 7.89. The lowest BCUT2D eigenvalue weighted by molar-refractivity contribution is 0.279. The Bertz CT molecular complexity index is 842. The van der Waals surface area contributed by atoms with E-state index in [0.29, 0.717) is 19.0 Å². The van der Waals surface area contributed by atoms with Crippen LogP contribution in [0.25, 0.3) is 11.0 Å². The summed E-state index contributed by atoms with van der Waals surface area (Å²) in [7, 11) is 0.462. The molecule has 0 amide bonds. The van der Waals surface area contributed by atoms with E-state index in [2.05, 4.69) is 26.4 Å². The molecule has 2 aromatic heterocycles. The van der Waals surface area contributed by atoms with Crippen LogP contribution >= 0.6 is 0 Å². The summed E-state index contributed by atoms with van der Waals surface area (Å²) in [5.74, 6) is 1.31. The number of fused-ring (bicyclic) bond motifs is 1. The molecule has 2 heterocycles. The first-order chi connectivity index (χ1) is 11.9. The molecular formula is C17H25N5O2S. The molecule has 8 heteroatoms. The SMILES string of the molecule is C=CCCN(C)S(=O)(=O)CC1CC(N(C)c2ncnc3[nH]ccc23)C1. The van der Waals surface area contributed by atoms with Crippen LogP contribution in [0.3, 0.4) is 0 Å². The number of hydrogen-bond acceptors (Lipinski definition) is 5. The zero-order chi connectivity index (χ0) is 18.0. The van der Waals surface area contributed by atoms with Gasteiger partial charge in [-0.25, -0.2) is 22.7 Å². The summed E-state index contributed by atoms with van der Waals surface area (Å²) in [5.41, 5.74) is 0.819. The standard InChI is InChI=1S/C17H25N5O2S/c1-4-5-8-21(2)25(23,24)11-13-9-14(10-13)22(3)17-15-6-7-18-16(15)19-12-20-17/h4,6-7,12-14H,1,5,8-11H2,2-3H3,(H,18,19,20). The average molecular weight is 363 g/mol. The molecule has 0 spiro atoms. The zero-order valence-electron chi connectivity index (χ0n) is 14.7. The molecule has 1 N–H and O–H groups in total. The van der Waals surface area contributed by atoms with Crippen molar-refractivity contribution in [1.29, 1.82) is 0 Å². The highest BCUT2D eigenvalue weighted by atomic mass is 32.2. The van der Waals surface area contributed by atoms with E-state index in [1.165, 1.54) is 4.31 Å². The summed E-state index contributed by atoms with van der Waals surface area (Å²) in [4.78, 5) is 13.8. The Morgan fingerprint density at radius 2 is 2.12 bits per heavy atom. The first-order valence-electron chi connectivity index (χ1n) is 8.48. The van der Waals surface area contributed by atoms with Gasteiger partial charge in [0.15, 0.2) is 0 Å². The Morgan fingerprint density at radius 3 is 2.84 bits per heavy atom. The number of sulfonamides is 1. The molecule has 1 saturated carbocycles. The van der Waals surface area contributed by atoms with Crippen molar-refractivity contribution in [2.45, 2.75) is 25.3 Å². The van der Waals surface area contributed by atoms with Gasteiger partial charge in [0.2, 0.25) is 10.0 Å². The highest BCUT2D eigenvalue weighted by Crippen LogP contribution is 2.36. The number of hydrogen-bond donors (Lipinski definition) is 1. The fourth-order valence-electron chi connectivity index (χ4n) is 3.30. The van der Waals surface area contributed by atoms with Gasteiger partial charge in [0.25, 0.3) is 0 Å². The second kappa shape index (κ2) is 7.13. The van der Waals surface area contributed by atoms with E-state index < -0.39 is 10.0 Å². The van der Waals surface area contributed by atoms with Crippen LogP contribution in [0.1, 0.15) is 19.3 Å². The number of nitrogens with one attached hydrogen (secondary N) is 1. The predicted octanol–water partition coefficient (Wildman–Crippen LogP) is 2.01. The maximum Gasteiger partial charge on any atom is 0.214 e. The van der Waals surface area contributed by atoms with Crippen molar-refractivity contribution in [2.24, 2.45) is 5.92 Å². The van der Waals surface area contributed by atoms with Gasteiger partial charge >= 0.3 is 0 Å². The van der Waals surface area contributed by atoms with Crippen molar-refractivity contribution in [3.05, 3.63) is 31.2 Å². The van der Waals surface area contributed by atoms with Gasteiger partial charge in [-0.3, -0.25) is 0 Å². The van der Waals surface area contributed by atoms with Gasteiger partial charge in [-0.1, -0.05) is 6.08 Å². The molecule has 0 bridgehead atoms. The molecule has 0 saturated heterocycles. The molecule has 0 atom stereocenters. The van der Waals surface area contributed by atoms with E-state index in [1.54, 1.807) is 19.5 Å². The third-order valence-corrected chi connectivity index (χ3v) is 7.02. The van der Waals surface area contributed by atoms with Crippen molar-refractivity contribution in [2.75, 3.05) is 31.3 Å². The average Bonchev–Trinajstić information content (AvgIpc) is 3.03. The Labute approximate surface area is 148 Å². The van der Waals surface area contributed by atoms with E-state index in [4.69, 9.17) is 0 Å². The fourth-order valence-corrected chi connectivity index (χ4v) is 4.81. The van der Waals surface area contributed by atoms with E-state index in [-0.39, 0.29) is 11.7 Å². The lowest BCUT2D eigenvalue weighted by atomic mass is 9.81. The monoisotopic (exact) mass is 363 g/mol. The quantitative estimate of drug-likeness (QED) is 0.726. The molecule has 2 aromatic rings. The number of rotatable bonds is 8. The molecule has 0 unspecified atom stereocenters. The third kappa shape index (κ3) is 3.69. The molecule has 25 heavy (non-hydrogen) atoms. The Hall–Kier alpha value is -1.93. The Kier molecular flexibility index (Phi) is 5.10. The number of aromatic amines is 1. The maximum absolute atomic E-state index is 12.4. The van der Waals surface area contributed by atoms with Crippen LogP contribution in [0.15, 0.2) is 31.2 Å². The van der Waals surface area contributed by atoms with Crippen LogP contribution in [0.5, 0.6) is 0 Å². The minimum absolute atomic E-state index is 0.201. The summed E-state index contributed by atoms with van der Waals surface area (Å²) in [5, 5.41) is 0.991. The van der Waals surface area contributed by atoms with Crippen molar-refractivity contribution in [1.82, 2.24) is 19.3 Å². The van der Waals surface area contributed by atoms with Crippen LogP contribution in [0.2, 0.25) is 0 Å². The Balaban J connectivity index is 1.59. The molecule has 0 aliphatic heterocycles. The molecule has 3 rings (SSSR count). The smallest absolute Gasteiger partial charge is 0.214 e. The minimum atomic E-state index is -3.20. The van der Waals surface area contributed by atoms with Gasteiger partial charge < -0.3 is 9.88 Å². The van der Waals surface area contributed by atoms with Crippen molar-refractivity contribution in [3.8, 4) is 0 Å². The summed E-state index contributed by atoms with van der Waals surface area (Å²) in [6.45, 7) is 4.13. The Morgan fingerprint density at radius 1 is 1.36 bits per heavy atom. The van der Waals surface area contributed by atoms with Crippen LogP contribution in [0.4, 0.5) is 5.82 Å². The second-order valence-corrected chi connectivity index (χ2v) is 8.84. The van der Waals surface area contributed by atoms with E-state index in [1.807, 2.05) is 19.3 Å². The van der Waals surface area contributed by atoms with Gasteiger partial charge in [0.05, 0.1) is 11.1 Å². The number of anilines is 1. The number of H-pyrrole nitrogens is 1. The minimum Gasteiger partial charge on any atom is -0.356 e. The van der Waals surface area contributed by atoms with Crippen LogP contribution in [-0.2, 0) is 10.0 Å². The second-order valence-electron chi connectivity index (χ2n) is 6.72. The summed E-state index contributed by atoms with van der Waals surface area (Å²) in [6, 6.07) is 2.28. The first kappa shape index (κ1) is 17.9. The molecule has 0 radical (unpaired) electrons. The third-order valence-electron chi connectivity index (χ3n) is 4.99. The molecule has 136 valence electrons. The normalized spacial score (nSPS) is 20.6. The van der Waals surface area contributed by atoms with E-state index >= 15 is 0 Å². The highest BCUT2D eigenvalue weighted by Gasteiger charge is 2.36. The number of nitrogens with zero attached hydrogens (tertiary/aromatic N) is 4. The predicted molar refractivity (Wildman–Crippen MR) is 100 cm³/mol. The topological polar surface area (TPSA) is 82.2 Å². The summed E-state index contributed by atoms with van der Waals surface area (Å²) < 4.78 is 26.2. The largest absolute Gasteiger partial charge is 0.356 e. The summed E-state index contributed by atoms with van der Waals surface area (Å²) in [6.07, 6.45) is 7.55. The molecule has 1 fully saturated rings. The van der Waals surface area contributed by atoms with Gasteiger partial charge in [-0.2, -0.15) is 0 Å². The maximum atomic E-state index is 12.4. The first-order valence-corrected chi connectivity index (χ1v) is 10.1. The lowest BCUT2D eigenvalue weighted by Crippen LogP contribution is -2.46. The van der Waals surface area contributed by atoms with Gasteiger partial charge in [0, 0.05) is 32.9 Å². The van der Waals surface area contributed by atoms with Crippen LogP contribution in [0, 0.1) is 5.92 Å². The zero-order valence-corrected chi connectivity index (χ0v) is 15.5. The van der Waals surface area contributed by atoms with Crippen LogP contribution < -0.4 is 4.90 Å². The van der Waals surface area contributed by atoms with Gasteiger partial charge in [0.1, 0.15) is 17.8 Å². The van der Waals surface area contributed by atoms with Crippen molar-refractivity contribution in [3.63, 3.8) is 0 Å². The van der Waals surface area contributed by atoms with Crippen molar-refractivity contribution < 1.29 is 8.42 Å². The van der Waals surface area contributed by atoms with E-state index in [0.717, 1.165) is 29.7 Å².